The van der Waals surface area contributed by atoms with Gasteiger partial charge in [-0.3, -0.25) is 0 Å². The molecule has 0 atom stereocenters. The number of hydrogen-bond donors (Lipinski definition) is 1. The molecule has 0 amide bonds. The molecule has 4 rings (SSSR count). The van der Waals surface area contributed by atoms with Gasteiger partial charge < -0.3 is 5.11 Å². The predicted molar refractivity (Wildman–Crippen MR) is 118 cm³/mol. The molecule has 0 spiro atoms. The highest BCUT2D eigenvalue weighted by atomic mass is 35.7. The van der Waals surface area contributed by atoms with E-state index in [9.17, 15) is 18.3 Å². The van der Waals surface area contributed by atoms with E-state index in [4.69, 9.17) is 10.7 Å². The van der Waals surface area contributed by atoms with Crippen molar-refractivity contribution in [1.82, 2.24) is 0 Å². The summed E-state index contributed by atoms with van der Waals surface area (Å²) in [6.07, 6.45) is 0. The number of benzene rings is 3. The number of aromatic carboxylic acids is 1. The van der Waals surface area contributed by atoms with E-state index in [1.54, 1.807) is 25.1 Å². The summed E-state index contributed by atoms with van der Waals surface area (Å²) < 4.78 is 26.1. The van der Waals surface area contributed by atoms with Crippen LogP contribution in [0.25, 0.3) is 32.9 Å². The van der Waals surface area contributed by atoms with Gasteiger partial charge in [-0.1, -0.05) is 30.3 Å². The Morgan fingerprint density at radius 3 is 2.30 bits per heavy atom. The number of carboxylic acid groups (broad SMARTS) is 1. The molecule has 0 radical (unpaired) electrons. The maximum atomic E-state index is 12.4. The van der Waals surface area contributed by atoms with Crippen molar-refractivity contribution in [3.05, 3.63) is 71.3 Å². The van der Waals surface area contributed by atoms with E-state index in [-0.39, 0.29) is 10.5 Å². The van der Waals surface area contributed by atoms with Crippen molar-refractivity contribution in [2.24, 2.45) is 7.05 Å². The molecule has 5 nitrogen and oxygen atoms in total. The Bertz CT molecular complexity index is 1480. The van der Waals surface area contributed by atoms with Gasteiger partial charge in [0.25, 0.3) is 9.05 Å². The number of hydrogen-bond acceptors (Lipinski definition) is 3. The van der Waals surface area contributed by atoms with E-state index in [0.29, 0.717) is 27.5 Å². The minimum atomic E-state index is -3.95. The smallest absolute Gasteiger partial charge is 0.337 e. The molecule has 0 unspecified atom stereocenters. The van der Waals surface area contributed by atoms with Gasteiger partial charge in [-0.15, -0.1) is 0 Å². The normalized spacial score (nSPS) is 11.9. The molecule has 0 bridgehead atoms. The second-order valence-electron chi connectivity index (χ2n) is 7.27. The molecule has 1 heterocycles. The molecule has 3 aromatic carbocycles. The first-order valence-electron chi connectivity index (χ1n) is 9.25. The fraction of sp³-hybridized carbons (Fsp3) is 0.130. The summed E-state index contributed by atoms with van der Waals surface area (Å²) in [5, 5.41) is 11.3. The van der Waals surface area contributed by atoms with Crippen LogP contribution in [0.4, 0.5) is 0 Å². The zero-order valence-electron chi connectivity index (χ0n) is 16.6. The number of para-hydroxylation sites is 1. The van der Waals surface area contributed by atoms with Crippen molar-refractivity contribution in [2.75, 3.05) is 0 Å². The summed E-state index contributed by atoms with van der Waals surface area (Å²) in [5.74, 6) is -1.04. The van der Waals surface area contributed by atoms with Crippen molar-refractivity contribution in [3.63, 3.8) is 0 Å². The molecule has 30 heavy (non-hydrogen) atoms. The summed E-state index contributed by atoms with van der Waals surface area (Å²) in [7, 11) is 3.59. The van der Waals surface area contributed by atoms with Gasteiger partial charge in [-0.2, -0.15) is 4.57 Å². The van der Waals surface area contributed by atoms with Crippen LogP contribution in [0.2, 0.25) is 0 Å². The summed E-state index contributed by atoms with van der Waals surface area (Å²) in [5.41, 5.74) is 4.36. The van der Waals surface area contributed by atoms with Crippen LogP contribution in [0.1, 0.15) is 21.5 Å². The number of aryl methyl sites for hydroxylation is 2. The van der Waals surface area contributed by atoms with Crippen molar-refractivity contribution < 1.29 is 22.9 Å². The Morgan fingerprint density at radius 1 is 0.967 bits per heavy atom. The first kappa shape index (κ1) is 20.3. The highest BCUT2D eigenvalue weighted by molar-refractivity contribution is 8.13. The Balaban J connectivity index is 2.28. The Morgan fingerprint density at radius 2 is 1.63 bits per heavy atom. The quantitative estimate of drug-likeness (QED) is 0.284. The molecule has 0 aliphatic rings. The van der Waals surface area contributed by atoms with Crippen molar-refractivity contribution >= 4 is 47.5 Å². The van der Waals surface area contributed by atoms with E-state index in [2.05, 4.69) is 0 Å². The minimum Gasteiger partial charge on any atom is -0.478 e. The maximum absolute atomic E-state index is 12.4. The lowest BCUT2D eigenvalue weighted by atomic mass is 9.89. The second kappa shape index (κ2) is 7.07. The van der Waals surface area contributed by atoms with Crippen LogP contribution in [-0.4, -0.2) is 19.5 Å². The molecular formula is C23H19ClNO4S+. The number of rotatable bonds is 3. The largest absolute Gasteiger partial charge is 0.478 e. The first-order chi connectivity index (χ1) is 14.1. The van der Waals surface area contributed by atoms with Gasteiger partial charge in [0.05, 0.1) is 21.2 Å². The first-order valence-corrected chi connectivity index (χ1v) is 11.6. The molecule has 1 N–H and O–H groups in total. The lowest BCUT2D eigenvalue weighted by Crippen LogP contribution is -2.31. The fourth-order valence-corrected chi connectivity index (χ4v) is 5.46. The number of fused-ring (bicyclic) bond motifs is 2. The third-order valence-corrected chi connectivity index (χ3v) is 7.02. The number of pyridine rings is 1. The highest BCUT2D eigenvalue weighted by Gasteiger charge is 2.27. The van der Waals surface area contributed by atoms with Crippen LogP contribution in [0, 0.1) is 13.8 Å². The lowest BCUT2D eigenvalue weighted by molar-refractivity contribution is -0.617. The van der Waals surface area contributed by atoms with E-state index in [1.807, 2.05) is 48.9 Å². The zero-order valence-corrected chi connectivity index (χ0v) is 18.2. The van der Waals surface area contributed by atoms with E-state index in [1.165, 1.54) is 6.07 Å². The van der Waals surface area contributed by atoms with E-state index < -0.39 is 15.0 Å². The number of aromatic nitrogens is 1. The second-order valence-corrected chi connectivity index (χ2v) is 9.81. The van der Waals surface area contributed by atoms with Crippen LogP contribution in [0.5, 0.6) is 0 Å². The highest BCUT2D eigenvalue weighted by Crippen LogP contribution is 2.38. The van der Waals surface area contributed by atoms with Crippen LogP contribution in [-0.2, 0) is 16.1 Å². The number of halogens is 1. The van der Waals surface area contributed by atoms with Gasteiger partial charge in [0.2, 0.25) is 11.0 Å². The van der Waals surface area contributed by atoms with E-state index >= 15 is 0 Å². The average Bonchev–Trinajstić information content (AvgIpc) is 2.67. The molecule has 152 valence electrons. The van der Waals surface area contributed by atoms with Gasteiger partial charge in [-0.05, 0) is 48.2 Å². The van der Waals surface area contributed by atoms with Gasteiger partial charge in [0, 0.05) is 22.8 Å². The third kappa shape index (κ3) is 3.04. The average molecular weight is 441 g/mol. The SMILES string of the molecule is Cc1ccc(S(=O)(=O)Cl)c(C)c1-c1cccc2c1c(C(=O)O)c1ccccc1[n+]2C. The van der Waals surface area contributed by atoms with Crippen molar-refractivity contribution in [3.8, 4) is 11.1 Å². The van der Waals surface area contributed by atoms with Crippen molar-refractivity contribution in [1.29, 1.82) is 0 Å². The number of carbonyl (C=O) groups is 1. The fourth-order valence-electron chi connectivity index (χ4n) is 4.26. The standard InChI is InChI=1S/C23H18ClNO4S/c1-13-11-12-19(30(24,28)29)14(2)20(13)16-8-6-10-18-21(16)22(23(26)27)15-7-4-5-9-17(15)25(18)3/h4-12H,1-3H3/p+1. The van der Waals surface area contributed by atoms with Crippen LogP contribution >= 0.6 is 10.7 Å². The van der Waals surface area contributed by atoms with Gasteiger partial charge in [0.15, 0.2) is 0 Å². The molecule has 0 aliphatic heterocycles. The van der Waals surface area contributed by atoms with Crippen LogP contribution in [0.3, 0.4) is 0 Å². The van der Waals surface area contributed by atoms with Gasteiger partial charge in [-0.25, -0.2) is 13.2 Å². The topological polar surface area (TPSA) is 75.3 Å². The van der Waals surface area contributed by atoms with Gasteiger partial charge >= 0.3 is 5.97 Å². The van der Waals surface area contributed by atoms with Gasteiger partial charge in [0.1, 0.15) is 7.05 Å². The molecule has 0 fully saturated rings. The summed E-state index contributed by atoms with van der Waals surface area (Å²) in [4.78, 5) is 12.4. The maximum Gasteiger partial charge on any atom is 0.337 e. The number of carboxylic acids is 1. The van der Waals surface area contributed by atoms with Crippen LogP contribution < -0.4 is 4.57 Å². The molecule has 1 aromatic heterocycles. The molecule has 4 aromatic rings. The monoisotopic (exact) mass is 440 g/mol. The van der Waals surface area contributed by atoms with Crippen molar-refractivity contribution in [2.45, 2.75) is 18.7 Å². The molecule has 0 saturated heterocycles. The predicted octanol–water partition coefficient (Wildman–Crippen LogP) is 4.73. The Labute approximate surface area is 178 Å². The third-order valence-electron chi connectivity index (χ3n) is 5.56. The van der Waals surface area contributed by atoms with Crippen LogP contribution in [0.15, 0.2) is 59.5 Å². The number of nitrogens with zero attached hydrogens (tertiary/aromatic N) is 1. The Hall–Kier alpha value is -2.96. The summed E-state index contributed by atoms with van der Waals surface area (Å²) in [6, 6.07) is 16.0. The summed E-state index contributed by atoms with van der Waals surface area (Å²) in [6.45, 7) is 3.56. The minimum absolute atomic E-state index is 0.0174. The lowest BCUT2D eigenvalue weighted by Gasteiger charge is -2.16. The zero-order chi connectivity index (χ0) is 21.8. The molecular weight excluding hydrogens is 422 g/mol. The molecule has 0 saturated carbocycles. The van der Waals surface area contributed by atoms with E-state index in [0.717, 1.165) is 16.6 Å². The molecule has 7 heteroatoms. The Kier molecular flexibility index (Phi) is 4.79. The molecule has 0 aliphatic carbocycles. The summed E-state index contributed by atoms with van der Waals surface area (Å²) >= 11 is 0.